The lowest BCUT2D eigenvalue weighted by Gasteiger charge is -2.39. The van der Waals surface area contributed by atoms with Gasteiger partial charge in [0.15, 0.2) is 5.44 Å². The molecule has 0 bridgehead atoms. The van der Waals surface area contributed by atoms with Gasteiger partial charge in [-0.3, -0.25) is 4.55 Å². The maximum Gasteiger partial charge on any atom is 0.460 e. The fourth-order valence-electron chi connectivity index (χ4n) is 1.25. The van der Waals surface area contributed by atoms with E-state index in [2.05, 4.69) is 0 Å². The van der Waals surface area contributed by atoms with Crippen molar-refractivity contribution < 1.29 is 75.2 Å². The number of hydrogen-bond acceptors (Lipinski definition) is 3. The van der Waals surface area contributed by atoms with Gasteiger partial charge in [0.05, 0.1) is 6.42 Å². The van der Waals surface area contributed by atoms with Gasteiger partial charge in [-0.1, -0.05) is 0 Å². The summed E-state index contributed by atoms with van der Waals surface area (Å²) in [6.45, 7) is 0. The van der Waals surface area contributed by atoms with Gasteiger partial charge in [-0.15, -0.1) is 0 Å². The van der Waals surface area contributed by atoms with Crippen molar-refractivity contribution >= 4 is 10.1 Å². The lowest BCUT2D eigenvalue weighted by Crippen LogP contribution is -2.70. The summed E-state index contributed by atoms with van der Waals surface area (Å²) in [5, 5.41) is 8.43. The lowest BCUT2D eigenvalue weighted by atomic mass is 9.93. The van der Waals surface area contributed by atoms with Gasteiger partial charge in [0.2, 0.25) is 0 Å². The average Bonchev–Trinajstić information content (AvgIpc) is 2.34. The second-order valence-electron chi connectivity index (χ2n) is 4.67. The average molecular weight is 444 g/mol. The molecule has 1 atom stereocenters. The lowest BCUT2D eigenvalue weighted by molar-refractivity contribution is -0.440. The van der Waals surface area contributed by atoms with Gasteiger partial charge in [-0.25, -0.2) is 0 Å². The van der Waals surface area contributed by atoms with Gasteiger partial charge in [-0.05, 0) is 0 Å². The van der Waals surface area contributed by atoms with Crippen LogP contribution in [-0.4, -0.2) is 59.3 Å². The monoisotopic (exact) mass is 444 g/mol. The smallest absolute Gasteiger partial charge is 0.375 e. The Bertz CT molecular complexity index is 623. The highest BCUT2D eigenvalue weighted by Gasteiger charge is 2.90. The first-order chi connectivity index (χ1) is 10.9. The first-order valence-corrected chi connectivity index (χ1v) is 6.98. The molecule has 0 radical (unpaired) electrons. The van der Waals surface area contributed by atoms with Gasteiger partial charge in [0, 0.05) is 0 Å². The Kier molecular flexibility index (Phi) is 6.00. The van der Waals surface area contributed by atoms with Crippen molar-refractivity contribution in [2.45, 2.75) is 47.6 Å². The van der Waals surface area contributed by atoms with E-state index in [1.165, 1.54) is 0 Å². The van der Waals surface area contributed by atoms with Crippen LogP contribution in [0.2, 0.25) is 0 Å². The summed E-state index contributed by atoms with van der Waals surface area (Å²) in [5.74, 6) is -38.7. The summed E-state index contributed by atoms with van der Waals surface area (Å²) in [6, 6.07) is 0. The summed E-state index contributed by atoms with van der Waals surface area (Å²) in [5.41, 5.74) is -3.99. The molecular formula is C8H5F13O4S. The molecule has 0 aliphatic rings. The van der Waals surface area contributed by atoms with Crippen LogP contribution in [0.3, 0.4) is 0 Å². The zero-order valence-corrected chi connectivity index (χ0v) is 12.1. The molecule has 0 spiro atoms. The van der Waals surface area contributed by atoms with E-state index in [0.717, 1.165) is 0 Å². The fourth-order valence-corrected chi connectivity index (χ4v) is 1.67. The Morgan fingerprint density at radius 2 is 0.962 bits per heavy atom. The van der Waals surface area contributed by atoms with Crippen molar-refractivity contribution in [3.63, 3.8) is 0 Å². The van der Waals surface area contributed by atoms with E-state index >= 15 is 0 Å². The molecule has 0 aliphatic heterocycles. The Morgan fingerprint density at radius 3 is 1.23 bits per heavy atom. The predicted octanol–water partition coefficient (Wildman–Crippen LogP) is 3.32. The molecule has 0 fully saturated rings. The van der Waals surface area contributed by atoms with E-state index < -0.39 is 57.8 Å². The molecule has 0 aliphatic carbocycles. The molecule has 26 heavy (non-hydrogen) atoms. The number of rotatable bonds is 7. The van der Waals surface area contributed by atoms with Gasteiger partial charge in [-0.2, -0.15) is 65.5 Å². The molecule has 0 saturated heterocycles. The summed E-state index contributed by atoms with van der Waals surface area (Å²) in [4.78, 5) is 0. The molecular weight excluding hydrogens is 439 g/mol. The highest BCUT2D eigenvalue weighted by Crippen LogP contribution is 2.60. The normalized spacial score (nSPS) is 17.3. The number of aliphatic hydroxyl groups excluding tert-OH is 1. The van der Waals surface area contributed by atoms with Crippen molar-refractivity contribution in [2.75, 3.05) is 0 Å². The van der Waals surface area contributed by atoms with E-state index in [4.69, 9.17) is 9.66 Å². The van der Waals surface area contributed by atoms with Crippen LogP contribution >= 0.6 is 0 Å². The van der Waals surface area contributed by atoms with Crippen molar-refractivity contribution in [3.8, 4) is 0 Å². The quantitative estimate of drug-likeness (QED) is 0.467. The molecule has 0 rings (SSSR count). The minimum absolute atomic E-state index is 3.44. The van der Waals surface area contributed by atoms with Gasteiger partial charge in [0.1, 0.15) is 0 Å². The maximum absolute atomic E-state index is 13.1. The van der Waals surface area contributed by atoms with E-state index in [-0.39, 0.29) is 0 Å². The molecule has 0 aromatic carbocycles. The number of alkyl halides is 13. The third-order valence-electron chi connectivity index (χ3n) is 2.77. The summed E-state index contributed by atoms with van der Waals surface area (Å²) >= 11 is 0. The molecule has 4 nitrogen and oxygen atoms in total. The highest BCUT2D eigenvalue weighted by atomic mass is 32.2. The molecule has 0 heterocycles. The number of aliphatic hydroxyl groups is 1. The first-order valence-electron chi connectivity index (χ1n) is 5.48. The number of halogens is 13. The predicted molar refractivity (Wildman–Crippen MR) is 53.0 cm³/mol. The zero-order valence-electron chi connectivity index (χ0n) is 11.3. The number of hydrogen-bond donors (Lipinski definition) is 2. The van der Waals surface area contributed by atoms with Crippen LogP contribution in [0, 0.1) is 0 Å². The fraction of sp³-hybridized carbons (Fsp3) is 1.00. The SMILES string of the molecule is O=S(=O)(O)C(O)CC(F)(F)C(F)(F)C(F)(F)C(F)(F)C(F)(F)C(F)(F)F. The molecule has 0 saturated carbocycles. The van der Waals surface area contributed by atoms with E-state index in [9.17, 15) is 65.5 Å². The first kappa shape index (κ1) is 25.0. The van der Waals surface area contributed by atoms with Crippen molar-refractivity contribution in [1.29, 1.82) is 0 Å². The van der Waals surface area contributed by atoms with Crippen LogP contribution in [-0.2, 0) is 10.1 Å². The van der Waals surface area contributed by atoms with Crippen LogP contribution in [0.5, 0.6) is 0 Å². The molecule has 18 heteroatoms. The Balaban J connectivity index is 6.25. The Labute approximate surface area is 134 Å². The molecule has 0 amide bonds. The van der Waals surface area contributed by atoms with E-state index in [1.54, 1.807) is 0 Å². The van der Waals surface area contributed by atoms with Crippen LogP contribution in [0.4, 0.5) is 57.1 Å². The molecule has 158 valence electrons. The minimum Gasteiger partial charge on any atom is -0.375 e. The van der Waals surface area contributed by atoms with E-state index in [1.807, 2.05) is 0 Å². The largest absolute Gasteiger partial charge is 0.460 e. The molecule has 2 N–H and O–H groups in total. The third-order valence-corrected chi connectivity index (χ3v) is 3.63. The summed E-state index contributed by atoms with van der Waals surface area (Å²) in [7, 11) is -6.05. The molecule has 0 aromatic rings. The summed E-state index contributed by atoms with van der Waals surface area (Å²) in [6.07, 6.45) is -11.0. The van der Waals surface area contributed by atoms with Crippen molar-refractivity contribution in [1.82, 2.24) is 0 Å². The van der Waals surface area contributed by atoms with Crippen LogP contribution < -0.4 is 0 Å². The standard InChI is InChI=1S/C8H5F13O4S/c9-3(10,1-2(22)26(23,24)25)4(11,12)5(13,14)6(15,16)7(17,18)8(19,20)21/h2,22H,1H2,(H,23,24,25). The van der Waals surface area contributed by atoms with Gasteiger partial charge < -0.3 is 5.11 Å². The highest BCUT2D eigenvalue weighted by molar-refractivity contribution is 7.86. The van der Waals surface area contributed by atoms with Gasteiger partial charge >= 0.3 is 35.8 Å². The Hall–Kier alpha value is -1.04. The molecule has 1 unspecified atom stereocenters. The maximum atomic E-state index is 13.1. The third kappa shape index (κ3) is 3.67. The zero-order chi connectivity index (χ0) is 21.8. The van der Waals surface area contributed by atoms with E-state index in [0.29, 0.717) is 0 Å². The van der Waals surface area contributed by atoms with Crippen molar-refractivity contribution in [2.24, 2.45) is 0 Å². The van der Waals surface area contributed by atoms with Crippen LogP contribution in [0.1, 0.15) is 6.42 Å². The second kappa shape index (κ2) is 6.25. The minimum atomic E-state index is -8.13. The van der Waals surface area contributed by atoms with Crippen molar-refractivity contribution in [3.05, 3.63) is 0 Å². The van der Waals surface area contributed by atoms with Crippen LogP contribution in [0.15, 0.2) is 0 Å². The van der Waals surface area contributed by atoms with Crippen LogP contribution in [0.25, 0.3) is 0 Å². The summed E-state index contributed by atoms with van der Waals surface area (Å²) < 4.78 is 193. The second-order valence-corrected chi connectivity index (χ2v) is 6.25. The Morgan fingerprint density at radius 1 is 0.654 bits per heavy atom. The topological polar surface area (TPSA) is 74.6 Å². The van der Waals surface area contributed by atoms with Gasteiger partial charge in [0.25, 0.3) is 10.1 Å². The molecule has 0 aromatic heterocycles.